The molecule has 0 aromatic carbocycles. The van der Waals surface area contributed by atoms with Crippen LogP contribution in [0, 0.1) is 0 Å². The Labute approximate surface area is 1010 Å². The van der Waals surface area contributed by atoms with Crippen LogP contribution in [0.1, 0.15) is 699 Å². The van der Waals surface area contributed by atoms with Crippen molar-refractivity contribution in [3.05, 3.63) is 0 Å². The molecule has 6 nitrogen and oxygen atoms in total. The second-order valence-corrected chi connectivity index (χ2v) is 49.4. The van der Waals surface area contributed by atoms with Gasteiger partial charge in [-0.05, 0) is 77.0 Å². The molecule has 872 valence electrons. The van der Waals surface area contributed by atoms with Crippen LogP contribution in [-0.4, -0.2) is 134 Å². The normalized spacial score (nSPS) is 10.8. The van der Waals surface area contributed by atoms with Crippen molar-refractivity contribution in [3.63, 3.8) is 0 Å². The molecular weight excluding hydrogens is 2110 g/mol. The molecule has 0 saturated heterocycles. The van der Waals surface area contributed by atoms with Crippen molar-refractivity contribution in [2.45, 2.75) is 699 Å². The van der Waals surface area contributed by atoms with E-state index in [4.69, 9.17) is 149 Å². The van der Waals surface area contributed by atoms with Crippen LogP contribution in [0.4, 0.5) is 0 Å². The molecule has 146 heavy (non-hydrogen) atoms. The molecule has 0 aromatic rings. The van der Waals surface area contributed by atoms with Gasteiger partial charge < -0.3 is 192 Å². The predicted octanol–water partition coefficient (Wildman–Crippen LogP) is 44.4. The Morgan fingerprint density at radius 3 is 0.205 bits per heavy atom. The average Bonchev–Trinajstić information content (AvgIpc) is 0.991. The number of nitrogens with zero attached hydrogens (tertiary/aromatic N) is 6. The zero-order valence-corrected chi connectivity index (χ0v) is 112. The third-order valence-electron chi connectivity index (χ3n) is 28.9. The zero-order chi connectivity index (χ0) is 107. The summed E-state index contributed by atoms with van der Waals surface area (Å²) >= 11 is 63.1. The van der Waals surface area contributed by atoms with E-state index >= 15 is 0 Å². The Hall–Kier alpha value is 1.70. The first kappa shape index (κ1) is 163. The van der Waals surface area contributed by atoms with Gasteiger partial charge in [-0.25, -0.2) is 0 Å². The number of thiocarbonyl (C=S) groups is 6. The number of hydrogen-bond donors (Lipinski definition) is 0. The van der Waals surface area contributed by atoms with E-state index in [9.17, 15) is 0 Å². The van der Waals surface area contributed by atoms with Gasteiger partial charge in [0.2, 0.25) is 0 Å². The molecule has 0 atom stereocenters. The van der Waals surface area contributed by atoms with Crippen LogP contribution in [0.3, 0.4) is 0 Å². The van der Waals surface area contributed by atoms with Gasteiger partial charge in [-0.15, -0.1) is 0 Å². The summed E-state index contributed by atoms with van der Waals surface area (Å²) in [6, 6.07) is 0. The van der Waals surface area contributed by atoms with Crippen molar-refractivity contribution >= 4 is 188 Å². The Morgan fingerprint density at radius 2 is 0.158 bits per heavy atom. The third-order valence-corrected chi connectivity index (χ3v) is 32.0. The minimum Gasteiger partial charge on any atom is -2.00 e. The van der Waals surface area contributed by atoms with Gasteiger partial charge in [0.15, 0.2) is 0 Å². The van der Waals surface area contributed by atoms with E-state index in [-0.39, 0.29) is 34.6 Å². The fourth-order valence-corrected chi connectivity index (χ4v) is 21.2. The maximum atomic E-state index is 5.25. The van der Waals surface area contributed by atoms with Crippen molar-refractivity contribution in [2.75, 3.05) is 78.5 Å². The fourth-order valence-electron chi connectivity index (χ4n) is 19.0. The SMILES string of the molecule is CCCCCCCCCCN(CCCCCCCCCC)C(=S)[S-].CCCCCCCCCCN(CCCCCCCCCC)C(=S)[S-].CCCCCCCCCCN(CCCCCCCCCC)C(=S)[S-].CCCCCCCCCCN(CCCCCCCCCC)C(=S)[S-].CCCCCCCCCCN(CCCCCCCCCC)C(=S)[S-].CCCCCCCCCCN(CCCCCCCCCC)C(=S)[S-].[Mo+6].[S-2]. The first-order valence-corrected chi connectivity index (χ1v) is 69.0. The zero-order valence-electron chi connectivity index (χ0n) is 99.8. The summed E-state index contributed by atoms with van der Waals surface area (Å²) < 4.78 is 4.09. The molecule has 0 spiro atoms. The smallest absolute Gasteiger partial charge is 2.00 e. The van der Waals surface area contributed by atoms with E-state index in [2.05, 4.69) is 112 Å². The molecule has 0 heterocycles. The summed E-state index contributed by atoms with van der Waals surface area (Å²) in [5, 5.41) is 0. The first-order chi connectivity index (χ1) is 70.3. The van der Waals surface area contributed by atoms with Crippen LogP contribution < -0.4 is 0 Å². The van der Waals surface area contributed by atoms with E-state index in [1.165, 1.54) is 616 Å². The molecule has 0 aliphatic rings. The summed E-state index contributed by atoms with van der Waals surface area (Å²) in [4.78, 5) is 13.6. The van der Waals surface area contributed by atoms with E-state index in [1.54, 1.807) is 0 Å². The summed E-state index contributed by atoms with van der Waals surface area (Å²) in [6.45, 7) is 40.2. The Balaban J connectivity index is -0.000000260. The second kappa shape index (κ2) is 147. The molecule has 0 fully saturated rings. The minimum atomic E-state index is 0. The largest absolute Gasteiger partial charge is 6.00 e. The molecule has 0 N–H and O–H groups in total. The van der Waals surface area contributed by atoms with Gasteiger partial charge in [0.05, 0.1) is 0 Å². The average molecular weight is 2360 g/mol. The molecule has 0 aliphatic carbocycles. The second-order valence-electron chi connectivity index (χ2n) is 43.2. The summed E-state index contributed by atoms with van der Waals surface area (Å²) in [5.74, 6) is 0. The Bertz CT molecular complexity index is 1920. The van der Waals surface area contributed by atoms with Gasteiger partial charge in [0, 0.05) is 78.5 Å². The predicted molar refractivity (Wildman–Crippen MR) is 708 cm³/mol. The quantitative estimate of drug-likeness (QED) is 0.0249. The van der Waals surface area contributed by atoms with Gasteiger partial charge in [-0.2, -0.15) is 0 Å². The number of unbranched alkanes of at least 4 members (excludes halogenated alkanes) is 84. The number of hydrogen-bond acceptors (Lipinski definition) is 12. The summed E-state index contributed by atoms with van der Waals surface area (Å²) in [6.07, 6.45) is 131. The summed E-state index contributed by atoms with van der Waals surface area (Å²) in [7, 11) is 0. The van der Waals surface area contributed by atoms with Crippen LogP contribution in [0.25, 0.3) is 0 Å². The van der Waals surface area contributed by atoms with Crippen LogP contribution >= 0.6 is 73.3 Å². The number of rotatable bonds is 108. The Morgan fingerprint density at radius 1 is 0.110 bits per heavy atom. The molecule has 0 radical (unpaired) electrons. The van der Waals surface area contributed by atoms with E-state index < -0.39 is 0 Å². The van der Waals surface area contributed by atoms with Gasteiger partial charge in [-0.1, -0.05) is 648 Å². The first-order valence-electron chi connectivity index (χ1n) is 64.1. The molecular formula is C126H252MoN6S13-2. The molecule has 0 aromatic heterocycles. The molecule has 0 bridgehead atoms. The van der Waals surface area contributed by atoms with Crippen LogP contribution in [-0.2, 0) is 110 Å². The molecule has 0 rings (SSSR count). The van der Waals surface area contributed by atoms with Gasteiger partial charge in [0.1, 0.15) is 0 Å². The monoisotopic (exact) mass is 2360 g/mol. The third kappa shape index (κ3) is 144. The molecule has 20 heteroatoms. The van der Waals surface area contributed by atoms with E-state index in [0.29, 0.717) is 25.9 Å². The maximum Gasteiger partial charge on any atom is 6.00 e. The molecule has 0 unspecified atom stereocenters. The molecule has 0 saturated carbocycles. The van der Waals surface area contributed by atoms with Gasteiger partial charge >= 0.3 is 21.1 Å². The standard InChI is InChI=1S/6C21H43NS2.Mo.S/c6*1-3-5-7-9-11-13-15-17-19-22(21(23)24)20-18-16-14-12-10-8-6-4-2;;/h6*3-20H2,1-2H3,(H,23,24);;/q;;;;;;+6;-2/p-6. The molecule has 0 amide bonds. The maximum absolute atomic E-state index is 5.25. The van der Waals surface area contributed by atoms with E-state index in [1.807, 2.05) is 0 Å². The van der Waals surface area contributed by atoms with Crippen LogP contribution in [0.2, 0.25) is 0 Å². The van der Waals surface area contributed by atoms with E-state index in [0.717, 1.165) is 78.5 Å². The van der Waals surface area contributed by atoms with Crippen molar-refractivity contribution in [1.82, 2.24) is 29.4 Å². The fraction of sp³-hybridized carbons (Fsp3) is 0.952. The van der Waals surface area contributed by atoms with Gasteiger partial charge in [-0.3, -0.25) is 0 Å². The minimum absolute atomic E-state index is 0. The van der Waals surface area contributed by atoms with Crippen LogP contribution in [0.15, 0.2) is 0 Å². The molecule has 0 aliphatic heterocycles. The van der Waals surface area contributed by atoms with Gasteiger partial charge in [0.25, 0.3) is 0 Å². The Kier molecular flexibility index (Phi) is 164. The van der Waals surface area contributed by atoms with Crippen molar-refractivity contribution in [3.8, 4) is 0 Å². The topological polar surface area (TPSA) is 19.4 Å². The van der Waals surface area contributed by atoms with Crippen molar-refractivity contribution < 1.29 is 21.1 Å². The van der Waals surface area contributed by atoms with Crippen molar-refractivity contribution in [2.24, 2.45) is 0 Å². The summed E-state index contributed by atoms with van der Waals surface area (Å²) in [5.41, 5.74) is 0. The van der Waals surface area contributed by atoms with Crippen LogP contribution in [0.5, 0.6) is 0 Å². The van der Waals surface area contributed by atoms with Crippen molar-refractivity contribution in [1.29, 1.82) is 0 Å².